The third-order valence-corrected chi connectivity index (χ3v) is 5.89. The number of aromatic nitrogens is 3. The lowest BCUT2D eigenvalue weighted by atomic mass is 10.2. The highest BCUT2D eigenvalue weighted by atomic mass is 32.2. The molecule has 0 saturated carbocycles. The molecule has 0 aliphatic rings. The fourth-order valence-corrected chi connectivity index (χ4v) is 4.15. The first-order valence-electron chi connectivity index (χ1n) is 8.96. The molecule has 3 rings (SSSR count). The van der Waals surface area contributed by atoms with Crippen LogP contribution in [0.4, 0.5) is 5.69 Å². The van der Waals surface area contributed by atoms with Gasteiger partial charge in [0.25, 0.3) is 5.91 Å². The number of rotatable bonds is 7. The van der Waals surface area contributed by atoms with Crippen LogP contribution < -0.4 is 10.0 Å². The molecule has 0 unspecified atom stereocenters. The van der Waals surface area contributed by atoms with Gasteiger partial charge < -0.3 is 10.1 Å². The summed E-state index contributed by atoms with van der Waals surface area (Å²) in [6.07, 6.45) is 1.50. The minimum absolute atomic E-state index is 0.102. The zero-order chi connectivity index (χ0) is 21.2. The fraction of sp³-hybridized carbons (Fsp3) is 0.316. The second-order valence-corrected chi connectivity index (χ2v) is 8.48. The molecule has 10 heteroatoms. The molecule has 0 aliphatic carbocycles. The number of aryl methyl sites for hydroxylation is 2. The summed E-state index contributed by atoms with van der Waals surface area (Å²) < 4.78 is 33.8. The lowest BCUT2D eigenvalue weighted by molar-refractivity contribution is 0.102. The van der Waals surface area contributed by atoms with Crippen LogP contribution in [-0.4, -0.2) is 48.7 Å². The molecule has 0 saturated heterocycles. The Bertz CT molecular complexity index is 1140. The number of sulfonamides is 1. The lowest BCUT2D eigenvalue weighted by Crippen LogP contribution is -2.35. The maximum absolute atomic E-state index is 12.6. The minimum atomic E-state index is -3.67. The van der Waals surface area contributed by atoms with E-state index in [2.05, 4.69) is 20.1 Å². The van der Waals surface area contributed by atoms with Gasteiger partial charge in [-0.3, -0.25) is 4.79 Å². The van der Waals surface area contributed by atoms with Crippen LogP contribution in [0.2, 0.25) is 0 Å². The Morgan fingerprint density at radius 1 is 1.24 bits per heavy atom. The number of amides is 1. The quantitative estimate of drug-likeness (QED) is 0.607. The number of benzene rings is 1. The number of hydrogen-bond acceptors (Lipinski definition) is 6. The molecule has 2 heterocycles. The monoisotopic (exact) mass is 417 g/mol. The molecule has 0 fully saturated rings. The standard InChI is InChI=1S/C19H23N5O4S/c1-12-9-18-20-10-17(14(3)24(18)22-12)19(25)21-15-5-7-16(8-6-15)29(26,27)23-13(2)11-28-4/h5-10,13,23H,11H2,1-4H3,(H,21,25)/t13-/m1/s1. The Morgan fingerprint density at radius 3 is 2.59 bits per heavy atom. The van der Waals surface area contributed by atoms with E-state index in [1.165, 1.54) is 37.6 Å². The third kappa shape index (κ3) is 4.61. The molecule has 9 nitrogen and oxygen atoms in total. The molecule has 1 amide bonds. The average molecular weight is 417 g/mol. The largest absolute Gasteiger partial charge is 0.383 e. The molecule has 154 valence electrons. The van der Waals surface area contributed by atoms with Crippen LogP contribution in [0.15, 0.2) is 41.4 Å². The first-order valence-corrected chi connectivity index (χ1v) is 10.4. The van der Waals surface area contributed by atoms with Gasteiger partial charge in [-0.15, -0.1) is 0 Å². The van der Waals surface area contributed by atoms with Crippen molar-refractivity contribution >= 4 is 27.3 Å². The highest BCUT2D eigenvalue weighted by molar-refractivity contribution is 7.89. The van der Waals surface area contributed by atoms with E-state index in [0.29, 0.717) is 22.6 Å². The van der Waals surface area contributed by atoms with E-state index in [1.807, 2.05) is 13.0 Å². The Labute approximate surface area is 169 Å². The fourth-order valence-electron chi connectivity index (χ4n) is 2.92. The van der Waals surface area contributed by atoms with Gasteiger partial charge in [0.2, 0.25) is 10.0 Å². The molecule has 1 atom stereocenters. The van der Waals surface area contributed by atoms with E-state index in [1.54, 1.807) is 18.4 Å². The third-order valence-electron chi connectivity index (χ3n) is 4.29. The summed E-state index contributed by atoms with van der Waals surface area (Å²) in [5.74, 6) is -0.354. The Balaban J connectivity index is 1.76. The Hall–Kier alpha value is -2.82. The molecule has 2 aromatic heterocycles. The predicted molar refractivity (Wildman–Crippen MR) is 109 cm³/mol. The van der Waals surface area contributed by atoms with Crippen LogP contribution in [0.5, 0.6) is 0 Å². The number of methoxy groups -OCH3 is 1. The van der Waals surface area contributed by atoms with Crippen molar-refractivity contribution in [3.05, 3.63) is 53.5 Å². The normalized spacial score (nSPS) is 12.8. The summed E-state index contributed by atoms with van der Waals surface area (Å²) in [7, 11) is -2.17. The number of carbonyl (C=O) groups is 1. The zero-order valence-corrected chi connectivity index (χ0v) is 17.4. The highest BCUT2D eigenvalue weighted by Crippen LogP contribution is 2.17. The number of nitrogens with zero attached hydrogens (tertiary/aromatic N) is 3. The second-order valence-electron chi connectivity index (χ2n) is 6.77. The van der Waals surface area contributed by atoms with E-state index >= 15 is 0 Å². The number of nitrogens with one attached hydrogen (secondary N) is 2. The van der Waals surface area contributed by atoms with E-state index in [9.17, 15) is 13.2 Å². The molecular formula is C19H23N5O4S. The van der Waals surface area contributed by atoms with Crippen molar-refractivity contribution in [3.63, 3.8) is 0 Å². The SMILES string of the molecule is COC[C@@H](C)NS(=O)(=O)c1ccc(NC(=O)c2cnc3cc(C)nn3c2C)cc1. The first kappa shape index (κ1) is 20.9. The highest BCUT2D eigenvalue weighted by Gasteiger charge is 2.18. The van der Waals surface area contributed by atoms with Crippen LogP contribution in [-0.2, 0) is 14.8 Å². The van der Waals surface area contributed by atoms with E-state index in [-0.39, 0.29) is 23.5 Å². The van der Waals surface area contributed by atoms with Crippen LogP contribution in [0, 0.1) is 13.8 Å². The summed E-state index contributed by atoms with van der Waals surface area (Å²) in [6, 6.07) is 7.40. The van der Waals surface area contributed by atoms with Gasteiger partial charge in [0.15, 0.2) is 5.65 Å². The zero-order valence-electron chi connectivity index (χ0n) is 16.6. The smallest absolute Gasteiger partial charge is 0.259 e. The van der Waals surface area contributed by atoms with Crippen molar-refractivity contribution in [1.29, 1.82) is 0 Å². The summed E-state index contributed by atoms with van der Waals surface area (Å²) in [5.41, 5.74) is 2.99. The number of fused-ring (bicyclic) bond motifs is 1. The van der Waals surface area contributed by atoms with Crippen LogP contribution in [0.25, 0.3) is 5.65 Å². The summed E-state index contributed by atoms with van der Waals surface area (Å²) in [4.78, 5) is 17.0. The Kier molecular flexibility index (Phi) is 5.96. The number of anilines is 1. The minimum Gasteiger partial charge on any atom is -0.383 e. The topological polar surface area (TPSA) is 115 Å². The van der Waals surface area contributed by atoms with Gasteiger partial charge >= 0.3 is 0 Å². The molecule has 29 heavy (non-hydrogen) atoms. The van der Waals surface area contributed by atoms with Crippen molar-refractivity contribution in [2.75, 3.05) is 19.0 Å². The van der Waals surface area contributed by atoms with Crippen molar-refractivity contribution in [3.8, 4) is 0 Å². The Morgan fingerprint density at radius 2 is 1.93 bits per heavy atom. The summed E-state index contributed by atoms with van der Waals surface area (Å²) in [5, 5.41) is 7.08. The molecular weight excluding hydrogens is 394 g/mol. The van der Waals surface area contributed by atoms with Gasteiger partial charge in [-0.1, -0.05) is 0 Å². The van der Waals surface area contributed by atoms with Crippen molar-refractivity contribution in [2.24, 2.45) is 0 Å². The molecule has 2 N–H and O–H groups in total. The van der Waals surface area contributed by atoms with Crippen molar-refractivity contribution in [1.82, 2.24) is 19.3 Å². The van der Waals surface area contributed by atoms with Crippen LogP contribution in [0.1, 0.15) is 28.7 Å². The molecule has 3 aromatic rings. The molecule has 0 aliphatic heterocycles. The van der Waals surface area contributed by atoms with Crippen molar-refractivity contribution < 1.29 is 17.9 Å². The van der Waals surface area contributed by atoms with Gasteiger partial charge in [0.1, 0.15) is 0 Å². The lowest BCUT2D eigenvalue weighted by Gasteiger charge is -2.13. The van der Waals surface area contributed by atoms with Gasteiger partial charge in [-0.05, 0) is 45.0 Å². The van der Waals surface area contributed by atoms with Crippen molar-refractivity contribution in [2.45, 2.75) is 31.7 Å². The summed E-state index contributed by atoms with van der Waals surface area (Å²) >= 11 is 0. The van der Waals surface area contributed by atoms with E-state index < -0.39 is 10.0 Å². The number of hydrogen-bond donors (Lipinski definition) is 2. The maximum atomic E-state index is 12.6. The molecule has 0 radical (unpaired) electrons. The summed E-state index contributed by atoms with van der Waals surface area (Å²) in [6.45, 7) is 5.62. The molecule has 0 bridgehead atoms. The predicted octanol–water partition coefficient (Wildman–Crippen LogP) is 1.91. The number of ether oxygens (including phenoxy) is 1. The molecule has 1 aromatic carbocycles. The average Bonchev–Trinajstić information content (AvgIpc) is 3.03. The maximum Gasteiger partial charge on any atom is 0.259 e. The van der Waals surface area contributed by atoms with Crippen LogP contribution >= 0.6 is 0 Å². The van der Waals surface area contributed by atoms with E-state index in [4.69, 9.17) is 4.74 Å². The second kappa shape index (κ2) is 8.27. The van der Waals surface area contributed by atoms with Gasteiger partial charge in [-0.2, -0.15) is 5.10 Å². The van der Waals surface area contributed by atoms with Gasteiger partial charge in [0.05, 0.1) is 28.5 Å². The van der Waals surface area contributed by atoms with E-state index in [0.717, 1.165) is 5.69 Å². The van der Waals surface area contributed by atoms with Gasteiger partial charge in [0, 0.05) is 31.1 Å². The first-order chi connectivity index (χ1) is 13.7. The van der Waals surface area contributed by atoms with Crippen LogP contribution in [0.3, 0.4) is 0 Å². The van der Waals surface area contributed by atoms with Gasteiger partial charge in [-0.25, -0.2) is 22.6 Å². The molecule has 0 spiro atoms. The number of carbonyl (C=O) groups excluding carboxylic acids is 1.